The molecule has 3 aliphatic rings. The standard InChI is InChI=1S/C15H23NO/c1-16-10-12-6-5-9-15(17,14(12)11-16)13-7-3-2-4-8-13/h2-4,7,12-14,17H,5-6,8-11H2,1H3/t12-,13?,14+,15+/m0/s1. The molecule has 17 heavy (non-hydrogen) atoms. The van der Waals surface area contributed by atoms with Crippen LogP contribution in [-0.4, -0.2) is 35.7 Å². The summed E-state index contributed by atoms with van der Waals surface area (Å²) in [6.45, 7) is 2.26. The summed E-state index contributed by atoms with van der Waals surface area (Å²) in [5, 5.41) is 11.2. The Morgan fingerprint density at radius 1 is 1.29 bits per heavy atom. The van der Waals surface area contributed by atoms with Crippen LogP contribution in [0.1, 0.15) is 25.7 Å². The number of fused-ring (bicyclic) bond motifs is 1. The molecule has 1 unspecified atom stereocenters. The van der Waals surface area contributed by atoms with Gasteiger partial charge in [0.2, 0.25) is 0 Å². The van der Waals surface area contributed by atoms with E-state index in [4.69, 9.17) is 0 Å². The fraction of sp³-hybridized carbons (Fsp3) is 0.733. The van der Waals surface area contributed by atoms with Crippen LogP contribution in [0.3, 0.4) is 0 Å². The molecule has 1 saturated carbocycles. The van der Waals surface area contributed by atoms with E-state index in [9.17, 15) is 5.11 Å². The van der Waals surface area contributed by atoms with Gasteiger partial charge in [-0.25, -0.2) is 0 Å². The number of hydrogen-bond acceptors (Lipinski definition) is 2. The van der Waals surface area contributed by atoms with Crippen molar-refractivity contribution >= 4 is 0 Å². The first-order valence-corrected chi connectivity index (χ1v) is 6.94. The molecule has 0 aromatic rings. The van der Waals surface area contributed by atoms with E-state index in [0.29, 0.717) is 11.8 Å². The largest absolute Gasteiger partial charge is 0.389 e. The second-order valence-electron chi connectivity index (χ2n) is 6.13. The zero-order valence-corrected chi connectivity index (χ0v) is 10.7. The Bertz CT molecular complexity index is 349. The molecule has 0 spiro atoms. The lowest BCUT2D eigenvalue weighted by Crippen LogP contribution is -2.50. The minimum absolute atomic E-state index is 0.340. The molecular weight excluding hydrogens is 210 g/mol. The maximum absolute atomic E-state index is 11.2. The SMILES string of the molecule is CN1C[C@@H]2CCC[C@@](O)(C3C=CC=CC3)[C@@H]2C1. The van der Waals surface area contributed by atoms with E-state index in [1.807, 2.05) is 0 Å². The second-order valence-corrected chi connectivity index (χ2v) is 6.13. The molecule has 1 heterocycles. The fourth-order valence-electron chi connectivity index (χ4n) is 4.19. The average Bonchev–Trinajstić information content (AvgIpc) is 2.73. The van der Waals surface area contributed by atoms with Crippen molar-refractivity contribution in [2.24, 2.45) is 17.8 Å². The van der Waals surface area contributed by atoms with Gasteiger partial charge in [-0.1, -0.05) is 30.7 Å². The third-order valence-electron chi connectivity index (χ3n) is 5.04. The van der Waals surface area contributed by atoms with E-state index in [1.165, 1.54) is 19.4 Å². The summed E-state index contributed by atoms with van der Waals surface area (Å²) in [5.41, 5.74) is -0.449. The molecule has 0 bridgehead atoms. The van der Waals surface area contributed by atoms with Gasteiger partial charge in [0.1, 0.15) is 0 Å². The highest BCUT2D eigenvalue weighted by atomic mass is 16.3. The Morgan fingerprint density at radius 2 is 2.18 bits per heavy atom. The van der Waals surface area contributed by atoms with Crippen LogP contribution < -0.4 is 0 Å². The molecule has 3 rings (SSSR count). The molecule has 2 nitrogen and oxygen atoms in total. The molecule has 4 atom stereocenters. The van der Waals surface area contributed by atoms with Gasteiger partial charge in [-0.15, -0.1) is 0 Å². The lowest BCUT2D eigenvalue weighted by atomic mass is 9.64. The van der Waals surface area contributed by atoms with Gasteiger partial charge in [0.15, 0.2) is 0 Å². The monoisotopic (exact) mass is 233 g/mol. The van der Waals surface area contributed by atoms with E-state index < -0.39 is 5.60 Å². The molecule has 2 aliphatic carbocycles. The van der Waals surface area contributed by atoms with Crippen LogP contribution in [0.25, 0.3) is 0 Å². The molecule has 2 fully saturated rings. The van der Waals surface area contributed by atoms with Crippen LogP contribution in [0.15, 0.2) is 24.3 Å². The molecule has 0 radical (unpaired) electrons. The van der Waals surface area contributed by atoms with Gasteiger partial charge in [0.25, 0.3) is 0 Å². The second kappa shape index (κ2) is 4.25. The molecule has 1 N–H and O–H groups in total. The molecule has 0 amide bonds. The number of hydrogen-bond donors (Lipinski definition) is 1. The van der Waals surface area contributed by atoms with Crippen LogP contribution in [0.2, 0.25) is 0 Å². The molecule has 0 aromatic carbocycles. The van der Waals surface area contributed by atoms with Gasteiger partial charge in [0.05, 0.1) is 5.60 Å². The summed E-state index contributed by atoms with van der Waals surface area (Å²) in [6, 6.07) is 0. The number of rotatable bonds is 1. The number of likely N-dealkylation sites (tertiary alicyclic amines) is 1. The van der Waals surface area contributed by atoms with Crippen LogP contribution in [0, 0.1) is 17.8 Å². The van der Waals surface area contributed by atoms with E-state index in [-0.39, 0.29) is 0 Å². The first kappa shape index (κ1) is 11.5. The van der Waals surface area contributed by atoms with Crippen molar-refractivity contribution in [2.75, 3.05) is 20.1 Å². The zero-order valence-electron chi connectivity index (χ0n) is 10.7. The van der Waals surface area contributed by atoms with Gasteiger partial charge in [-0.2, -0.15) is 0 Å². The highest BCUT2D eigenvalue weighted by Gasteiger charge is 2.50. The van der Waals surface area contributed by atoms with E-state index in [1.54, 1.807) is 0 Å². The molecule has 1 saturated heterocycles. The van der Waals surface area contributed by atoms with Crippen LogP contribution >= 0.6 is 0 Å². The minimum Gasteiger partial charge on any atom is -0.389 e. The third kappa shape index (κ3) is 1.88. The van der Waals surface area contributed by atoms with E-state index >= 15 is 0 Å². The minimum atomic E-state index is -0.449. The van der Waals surface area contributed by atoms with Crippen LogP contribution in [-0.2, 0) is 0 Å². The lowest BCUT2D eigenvalue weighted by Gasteiger charge is -2.45. The number of allylic oxidation sites excluding steroid dienone is 3. The first-order chi connectivity index (χ1) is 8.20. The topological polar surface area (TPSA) is 23.5 Å². The predicted octanol–water partition coefficient (Wildman–Crippen LogP) is 2.21. The maximum Gasteiger partial charge on any atom is 0.0756 e. The van der Waals surface area contributed by atoms with Crippen LogP contribution in [0.4, 0.5) is 0 Å². The van der Waals surface area contributed by atoms with Gasteiger partial charge in [-0.3, -0.25) is 0 Å². The van der Waals surface area contributed by atoms with Gasteiger partial charge in [-0.05, 0) is 32.2 Å². The van der Waals surface area contributed by atoms with Crippen molar-refractivity contribution in [3.63, 3.8) is 0 Å². The Morgan fingerprint density at radius 3 is 2.94 bits per heavy atom. The zero-order chi connectivity index (χ0) is 11.9. The molecule has 94 valence electrons. The summed E-state index contributed by atoms with van der Waals surface area (Å²) in [5.74, 6) is 1.55. The predicted molar refractivity (Wildman–Crippen MR) is 69.7 cm³/mol. The Kier molecular flexibility index (Phi) is 2.87. The van der Waals surface area contributed by atoms with Crippen molar-refractivity contribution in [2.45, 2.75) is 31.3 Å². The lowest BCUT2D eigenvalue weighted by molar-refractivity contribution is -0.0893. The first-order valence-electron chi connectivity index (χ1n) is 6.94. The highest BCUT2D eigenvalue weighted by Crippen LogP contribution is 2.47. The molecule has 0 aromatic heterocycles. The van der Waals surface area contributed by atoms with Crippen molar-refractivity contribution in [3.05, 3.63) is 24.3 Å². The summed E-state index contributed by atoms with van der Waals surface area (Å²) in [4.78, 5) is 2.40. The van der Waals surface area contributed by atoms with Gasteiger partial charge >= 0.3 is 0 Å². The quantitative estimate of drug-likeness (QED) is 0.750. The van der Waals surface area contributed by atoms with E-state index in [2.05, 4.69) is 36.3 Å². The Balaban J connectivity index is 1.84. The number of nitrogens with zero attached hydrogens (tertiary/aromatic N) is 1. The molecular formula is C15H23NO. The highest BCUT2D eigenvalue weighted by molar-refractivity contribution is 5.17. The van der Waals surface area contributed by atoms with Crippen molar-refractivity contribution in [1.82, 2.24) is 4.90 Å². The maximum atomic E-state index is 11.2. The summed E-state index contributed by atoms with van der Waals surface area (Å²) in [6.07, 6.45) is 13.1. The van der Waals surface area contributed by atoms with Crippen molar-refractivity contribution < 1.29 is 5.11 Å². The summed E-state index contributed by atoms with van der Waals surface area (Å²) < 4.78 is 0. The van der Waals surface area contributed by atoms with Gasteiger partial charge < -0.3 is 10.0 Å². The van der Waals surface area contributed by atoms with E-state index in [0.717, 1.165) is 25.3 Å². The number of aliphatic hydroxyl groups is 1. The third-order valence-corrected chi connectivity index (χ3v) is 5.04. The average molecular weight is 233 g/mol. The molecule has 2 heteroatoms. The van der Waals surface area contributed by atoms with Gasteiger partial charge in [0, 0.05) is 24.9 Å². The smallest absolute Gasteiger partial charge is 0.0756 e. The Hall–Kier alpha value is -0.600. The fourth-order valence-corrected chi connectivity index (χ4v) is 4.19. The van der Waals surface area contributed by atoms with Crippen LogP contribution in [0.5, 0.6) is 0 Å². The molecule has 1 aliphatic heterocycles. The summed E-state index contributed by atoms with van der Waals surface area (Å²) in [7, 11) is 2.19. The summed E-state index contributed by atoms with van der Waals surface area (Å²) >= 11 is 0. The van der Waals surface area contributed by atoms with Crippen molar-refractivity contribution in [1.29, 1.82) is 0 Å². The Labute approximate surface area is 104 Å². The normalized spacial score (nSPS) is 46.1. The van der Waals surface area contributed by atoms with Crippen molar-refractivity contribution in [3.8, 4) is 0 Å².